The third kappa shape index (κ3) is 60.4. The minimum atomic E-state index is -1.56. The summed E-state index contributed by atoms with van der Waals surface area (Å²) in [4.78, 5) is 190. The summed E-state index contributed by atoms with van der Waals surface area (Å²) in [6, 6.07) is -4.10. The summed E-state index contributed by atoms with van der Waals surface area (Å²) in [5.74, 6) is -0.525. The molecule has 42 heteroatoms. The van der Waals surface area contributed by atoms with Crippen LogP contribution in [0.5, 0.6) is 0 Å². The zero-order chi connectivity index (χ0) is 90.7. The van der Waals surface area contributed by atoms with E-state index in [1.54, 1.807) is 41.5 Å². The standard InChI is InChI=1S/C39H68N4O17.C31H52N4O17.CH4/c1-25(2)10-30(14-44)40-36(48)57-21-53-19-33(55-23-59-37(49)41-31(15-45)11-26(3)4)17-52-18-34(56-24-60-38(50)42-32(16-46)12-27(5)6)20-54-22-58-39(51)43-35(29(9)47)13-28(7)8;1-21(39)31(8,9)35-27(43)50-18-46-13-23(48-20-52-26(42)34-30(6,7)16-38)11-44-10-22(47-19-51-25(41)33-29(4,5)15-37)12-45-17-49-24(40)32-28(2,3)14-36;/h14-16,25-28,30-35H,10-13,17-24H2,1-9H3,(H,40,48)(H,41,49)(H,42,50)(H,43,51);14-16,22-23H,10-13,17-20H2,1-9H3,(H,32,40)(H,33,41)(H,34,42)(H,35,43);1H4/i2*14D,15D,16D;. The second-order valence-electron chi connectivity index (χ2n) is 28.2. The number of carbonyl (C=O) groups excluding carboxylic acids is 16. The summed E-state index contributed by atoms with van der Waals surface area (Å²) in [5, 5.41) is 18.3. The third-order valence-corrected chi connectivity index (χ3v) is 13.7. The maximum atomic E-state index is 12.4. The van der Waals surface area contributed by atoms with Gasteiger partial charge in [-0.2, -0.15) is 0 Å². The zero-order valence-corrected chi connectivity index (χ0v) is 67.0. The van der Waals surface area contributed by atoms with Crippen LogP contribution in [0.2, 0.25) is 0 Å². The lowest BCUT2D eigenvalue weighted by Crippen LogP contribution is -2.49. The molecule has 8 N–H and O–H groups in total. The van der Waals surface area contributed by atoms with Crippen molar-refractivity contribution in [2.45, 2.75) is 228 Å². The Kier molecular flexibility index (Phi) is 51.8. The van der Waals surface area contributed by atoms with Gasteiger partial charge in [-0.15, -0.1) is 0 Å². The maximum absolute atomic E-state index is 12.4. The summed E-state index contributed by atoms with van der Waals surface area (Å²) < 4.78 is 138. The molecule has 0 saturated carbocycles. The van der Waals surface area contributed by atoms with Crippen LogP contribution in [0.3, 0.4) is 0 Å². The minimum Gasteiger partial charge on any atom is -0.422 e. The van der Waals surface area contributed by atoms with Crippen LogP contribution in [-0.2, 0) is 124 Å². The van der Waals surface area contributed by atoms with Gasteiger partial charge in [0.1, 0.15) is 70.2 Å². The Hall–Kier alpha value is -8.88. The number of hydrogen-bond acceptors (Lipinski definition) is 34. The number of ketones is 2. The fraction of sp³-hybridized carbons (Fsp3) is 0.775. The summed E-state index contributed by atoms with van der Waals surface area (Å²) in [5.41, 5.74) is -5.86. The number of nitrogens with one attached hydrogen (secondary N) is 8. The van der Waals surface area contributed by atoms with Gasteiger partial charge in [0.05, 0.1) is 99.2 Å². The van der Waals surface area contributed by atoms with Crippen LogP contribution in [0.15, 0.2) is 0 Å². The van der Waals surface area contributed by atoms with Crippen molar-refractivity contribution < 1.29 is 170 Å². The van der Waals surface area contributed by atoms with E-state index in [9.17, 15) is 76.7 Å². The monoisotopic (exact) mass is 1640 g/mol. The van der Waals surface area contributed by atoms with Gasteiger partial charge >= 0.3 is 48.7 Å². The first kappa shape index (κ1) is 96.5. The van der Waals surface area contributed by atoms with Gasteiger partial charge in [-0.3, -0.25) is 9.59 Å². The molecule has 8 atom stereocenters. The number of hydrogen-bond donors (Lipinski definition) is 8. The van der Waals surface area contributed by atoms with Crippen LogP contribution in [0.1, 0.15) is 166 Å². The van der Waals surface area contributed by atoms with Crippen LogP contribution in [0, 0.1) is 23.7 Å². The van der Waals surface area contributed by atoms with Gasteiger partial charge in [-0.05, 0) is 119 Å². The predicted molar refractivity (Wildman–Crippen MR) is 395 cm³/mol. The average Bonchev–Trinajstić information content (AvgIpc) is 0.887. The Morgan fingerprint density at radius 2 is 0.540 bits per heavy atom. The molecule has 0 aromatic rings. The highest BCUT2D eigenvalue weighted by Crippen LogP contribution is 2.12. The fourth-order valence-electron chi connectivity index (χ4n) is 7.76. The Morgan fingerprint density at radius 1 is 0.319 bits per heavy atom. The van der Waals surface area contributed by atoms with Crippen molar-refractivity contribution in [3.05, 3.63) is 0 Å². The molecule has 0 fully saturated rings. The van der Waals surface area contributed by atoms with Crippen LogP contribution < -0.4 is 42.5 Å². The number of aldehydes is 6. The molecule has 8 amide bonds. The van der Waals surface area contributed by atoms with E-state index < -0.39 is 211 Å². The molecular formula is C71H124N8O34. The molecule has 113 heavy (non-hydrogen) atoms. The number of amides is 8. The Labute approximate surface area is 668 Å². The highest BCUT2D eigenvalue weighted by molar-refractivity contribution is 5.89. The van der Waals surface area contributed by atoms with Gasteiger partial charge in [-0.25, -0.2) is 38.4 Å². The molecule has 0 radical (unpaired) electrons. The SMILES string of the molecule is C.[2H]C(=O)C(C)(C)NC(=O)OCOCC(COCC(COCOC(=O)NC(C)(C)C(C)=O)OCOC(=O)NC(C)(C)C([2H])=O)OCOC(=O)NC(C)(C)C([2H])=O.[2H]C(=O)C(CC(C)C)NC(=O)OCOCC(COCC(COCOC(=O)NC(CC(C)C)C(C)=O)OCOC(=O)NC(CC(C)C)C([2H])=O)OCOC(=O)NC(CC(C)C)C([2H])=O. The highest BCUT2D eigenvalue weighted by Gasteiger charge is 2.29. The van der Waals surface area contributed by atoms with Gasteiger partial charge in [0.2, 0.25) is 0 Å². The fourth-order valence-corrected chi connectivity index (χ4v) is 7.76. The van der Waals surface area contributed by atoms with Crippen molar-refractivity contribution in [2.75, 3.05) is 107 Å². The Bertz CT molecular complexity index is 2980. The topological polar surface area (TPSA) is 536 Å². The summed E-state index contributed by atoms with van der Waals surface area (Å²) >= 11 is 0. The van der Waals surface area contributed by atoms with Crippen molar-refractivity contribution in [3.63, 3.8) is 0 Å². The molecular weight excluding hydrogens is 1510 g/mol. The zero-order valence-electron chi connectivity index (χ0n) is 73.0. The van der Waals surface area contributed by atoms with Gasteiger partial charge in [0.15, 0.2) is 65.9 Å². The lowest BCUT2D eigenvalue weighted by atomic mass is 10.0. The molecule has 652 valence electrons. The van der Waals surface area contributed by atoms with E-state index in [2.05, 4.69) is 42.5 Å². The third-order valence-electron chi connectivity index (χ3n) is 13.7. The molecule has 0 aromatic carbocycles. The average molecular weight is 1640 g/mol. The van der Waals surface area contributed by atoms with E-state index in [-0.39, 0.29) is 115 Å². The van der Waals surface area contributed by atoms with Crippen LogP contribution in [-0.4, -0.2) is 276 Å². The lowest BCUT2D eigenvalue weighted by molar-refractivity contribution is -0.151. The van der Waals surface area contributed by atoms with Crippen LogP contribution in [0.25, 0.3) is 0 Å². The lowest BCUT2D eigenvalue weighted by Gasteiger charge is -2.23. The van der Waals surface area contributed by atoms with E-state index >= 15 is 0 Å². The minimum absolute atomic E-state index is 0. The largest absolute Gasteiger partial charge is 0.422 e. The molecule has 8 unspecified atom stereocenters. The second-order valence-corrected chi connectivity index (χ2v) is 28.2. The van der Waals surface area contributed by atoms with Crippen molar-refractivity contribution in [2.24, 2.45) is 23.7 Å². The van der Waals surface area contributed by atoms with Gasteiger partial charge < -0.3 is 157 Å². The number of alkyl carbamates (subject to hydrolysis) is 8. The molecule has 0 aromatic heterocycles. The Morgan fingerprint density at radius 3 is 0.770 bits per heavy atom. The van der Waals surface area contributed by atoms with Gasteiger partial charge in [0.25, 0.3) is 0 Å². The molecule has 0 aliphatic rings. The normalized spacial score (nSPS) is 14.3. The molecule has 0 heterocycles. The van der Waals surface area contributed by atoms with Crippen LogP contribution in [0.4, 0.5) is 38.4 Å². The molecule has 0 spiro atoms. The van der Waals surface area contributed by atoms with E-state index in [1.165, 1.54) is 69.2 Å². The van der Waals surface area contributed by atoms with Crippen LogP contribution >= 0.6 is 0 Å². The van der Waals surface area contributed by atoms with Crippen molar-refractivity contribution in [1.82, 2.24) is 42.5 Å². The Balaban J connectivity index is -0.00000226. The first-order valence-electron chi connectivity index (χ1n) is 38.2. The van der Waals surface area contributed by atoms with Crippen molar-refractivity contribution in [1.29, 1.82) is 0 Å². The highest BCUT2D eigenvalue weighted by atomic mass is 16.8. The van der Waals surface area contributed by atoms with Gasteiger partial charge in [-0.1, -0.05) is 62.8 Å². The van der Waals surface area contributed by atoms with Crippen molar-refractivity contribution in [3.8, 4) is 0 Å². The first-order chi connectivity index (χ1) is 54.7. The van der Waals surface area contributed by atoms with Crippen molar-refractivity contribution >= 4 is 97.9 Å². The second kappa shape index (κ2) is 60.7. The number of rotatable bonds is 60. The molecule has 0 rings (SSSR count). The maximum Gasteiger partial charge on any atom is 0.410 e. The number of carbonyl (C=O) groups is 16. The van der Waals surface area contributed by atoms with E-state index in [4.69, 9.17) is 93.5 Å². The first-order valence-corrected chi connectivity index (χ1v) is 35.2. The summed E-state index contributed by atoms with van der Waals surface area (Å²) in [6.07, 6.45) is -17.7. The molecule has 0 bridgehead atoms. The molecule has 0 aliphatic heterocycles. The van der Waals surface area contributed by atoms with E-state index in [1.807, 2.05) is 13.8 Å². The molecule has 0 saturated heterocycles. The van der Waals surface area contributed by atoms with E-state index in [0.29, 0.717) is 6.42 Å². The summed E-state index contributed by atoms with van der Waals surface area (Å²) in [6.45, 7) is 19.9. The molecule has 0 aliphatic carbocycles. The summed E-state index contributed by atoms with van der Waals surface area (Å²) in [7, 11) is 0. The van der Waals surface area contributed by atoms with E-state index in [0.717, 1.165) is 0 Å². The van der Waals surface area contributed by atoms with Gasteiger partial charge in [0, 0.05) is 0 Å². The molecule has 42 nitrogen and oxygen atoms in total. The number of ether oxygens (including phenoxy) is 18. The number of Topliss-reactive ketones (excluding diaryl/α,β-unsaturated/α-hetero) is 2. The quantitative estimate of drug-likeness (QED) is 0.0174. The predicted octanol–water partition coefficient (Wildman–Crippen LogP) is 4.86. The smallest absolute Gasteiger partial charge is 0.410 e.